The van der Waals surface area contributed by atoms with Crippen LogP contribution in [-0.2, 0) is 14.3 Å². The van der Waals surface area contributed by atoms with Crippen LogP contribution in [0.25, 0.3) is 17.4 Å². The van der Waals surface area contributed by atoms with Crippen molar-refractivity contribution in [3.8, 4) is 11.3 Å². The van der Waals surface area contributed by atoms with Crippen LogP contribution < -0.4 is 14.9 Å². The first-order valence-electron chi connectivity index (χ1n) is 14.4. The summed E-state index contributed by atoms with van der Waals surface area (Å²) in [5.74, 6) is 0.454. The number of esters is 2. The maximum Gasteiger partial charge on any atom is 0.338 e. The minimum absolute atomic E-state index is 0.217. The van der Waals surface area contributed by atoms with E-state index in [-0.39, 0.29) is 12.2 Å². The zero-order chi connectivity index (χ0) is 30.7. The number of fused-ring (bicyclic) bond motifs is 1. The van der Waals surface area contributed by atoms with Crippen molar-refractivity contribution in [3.63, 3.8) is 0 Å². The van der Waals surface area contributed by atoms with E-state index < -0.39 is 18.0 Å². The maximum atomic E-state index is 14.0. The molecule has 0 amide bonds. The monoisotopic (exact) mass is 598 g/mol. The Hall–Kier alpha value is -4.50. The van der Waals surface area contributed by atoms with Gasteiger partial charge in [0.15, 0.2) is 4.80 Å². The summed E-state index contributed by atoms with van der Waals surface area (Å²) in [4.78, 5) is 44.7. The number of thiazole rings is 1. The lowest BCUT2D eigenvalue weighted by Crippen LogP contribution is -2.40. The van der Waals surface area contributed by atoms with E-state index in [1.165, 1.54) is 18.4 Å². The molecule has 0 unspecified atom stereocenters. The summed E-state index contributed by atoms with van der Waals surface area (Å²) in [7, 11) is 1.34. The molecular weight excluding hydrogens is 564 g/mol. The molecule has 222 valence electrons. The van der Waals surface area contributed by atoms with Crippen LogP contribution >= 0.6 is 11.3 Å². The Kier molecular flexibility index (Phi) is 8.92. The van der Waals surface area contributed by atoms with Crippen LogP contribution in [0, 0.1) is 0 Å². The van der Waals surface area contributed by atoms with Crippen molar-refractivity contribution in [1.29, 1.82) is 0 Å². The van der Waals surface area contributed by atoms with Gasteiger partial charge in [-0.25, -0.2) is 14.6 Å². The normalized spacial score (nSPS) is 14.9. The summed E-state index contributed by atoms with van der Waals surface area (Å²) in [6, 6.07) is 17.9. The fraction of sp³-hybridized carbons (Fsp3) is 0.294. The molecule has 0 spiro atoms. The zero-order valence-corrected chi connectivity index (χ0v) is 25.7. The Bertz CT molecular complexity index is 1870. The minimum Gasteiger partial charge on any atom is -0.465 e. The number of carbonyl (C=O) groups is 2. The van der Waals surface area contributed by atoms with E-state index in [9.17, 15) is 14.4 Å². The van der Waals surface area contributed by atoms with E-state index in [2.05, 4.69) is 13.8 Å². The van der Waals surface area contributed by atoms with Crippen molar-refractivity contribution < 1.29 is 23.5 Å². The highest BCUT2D eigenvalue weighted by Crippen LogP contribution is 2.33. The standard InChI is InChI=1S/C34H34N2O6S/c1-6-9-26-29(33(39)41-7-2)30(22-14-12-21(13-15-22)20(3)4)36-31(37)28(43-34(36)35-26)19-25-16-17-27(42-25)23-10-8-11-24(18-23)32(38)40-5/h8,10-20,30H,6-7,9H2,1-5H3/b28-19-/t30-/m1/s1. The molecule has 1 aliphatic heterocycles. The zero-order valence-electron chi connectivity index (χ0n) is 24.9. The summed E-state index contributed by atoms with van der Waals surface area (Å²) in [6.45, 7) is 8.26. The summed E-state index contributed by atoms with van der Waals surface area (Å²) in [6.07, 6.45) is 3.04. The van der Waals surface area contributed by atoms with E-state index in [0.29, 0.717) is 55.6 Å². The Labute approximate surface area is 253 Å². The number of benzene rings is 2. The number of methoxy groups -OCH3 is 1. The number of ether oxygens (including phenoxy) is 2. The molecule has 2 aromatic carbocycles. The predicted octanol–water partition coefficient (Wildman–Crippen LogP) is 5.75. The van der Waals surface area contributed by atoms with Crippen LogP contribution in [-0.4, -0.2) is 30.2 Å². The number of furan rings is 1. The van der Waals surface area contributed by atoms with Gasteiger partial charge in [0.25, 0.3) is 5.56 Å². The lowest BCUT2D eigenvalue weighted by Gasteiger charge is -2.26. The van der Waals surface area contributed by atoms with Gasteiger partial charge in [-0.1, -0.05) is 74.9 Å². The average Bonchev–Trinajstić information content (AvgIpc) is 3.60. The van der Waals surface area contributed by atoms with Crippen molar-refractivity contribution in [2.24, 2.45) is 4.99 Å². The molecular formula is C34H34N2O6S. The molecule has 5 rings (SSSR count). The van der Waals surface area contributed by atoms with Gasteiger partial charge >= 0.3 is 11.9 Å². The van der Waals surface area contributed by atoms with Crippen LogP contribution in [0.2, 0.25) is 0 Å². The minimum atomic E-state index is -0.673. The van der Waals surface area contributed by atoms with Gasteiger partial charge in [-0.15, -0.1) is 0 Å². The summed E-state index contributed by atoms with van der Waals surface area (Å²) in [5, 5.41) is 0. The Morgan fingerprint density at radius 1 is 1.07 bits per heavy atom. The van der Waals surface area contributed by atoms with Crippen LogP contribution in [0.5, 0.6) is 0 Å². The highest BCUT2D eigenvalue weighted by molar-refractivity contribution is 7.07. The van der Waals surface area contributed by atoms with E-state index >= 15 is 0 Å². The van der Waals surface area contributed by atoms with Gasteiger partial charge in [-0.2, -0.15) is 0 Å². The van der Waals surface area contributed by atoms with Crippen molar-refractivity contribution in [2.45, 2.75) is 52.5 Å². The SMILES string of the molecule is CCCC1=C(C(=O)OCC)[C@@H](c2ccc(C(C)C)cc2)n2c(s/c(=C\c3ccc(-c4cccc(C(=O)OC)c4)o3)c2=O)=N1. The first kappa shape index (κ1) is 30.0. The van der Waals surface area contributed by atoms with E-state index in [4.69, 9.17) is 18.9 Å². The Morgan fingerprint density at radius 2 is 1.84 bits per heavy atom. The van der Waals surface area contributed by atoms with Crippen molar-refractivity contribution in [3.05, 3.63) is 114 Å². The van der Waals surface area contributed by atoms with Crippen molar-refractivity contribution in [2.75, 3.05) is 13.7 Å². The van der Waals surface area contributed by atoms with Crippen LogP contribution in [0.15, 0.2) is 86.1 Å². The molecule has 43 heavy (non-hydrogen) atoms. The molecule has 8 nitrogen and oxygen atoms in total. The van der Waals surface area contributed by atoms with Gasteiger partial charge in [0.2, 0.25) is 0 Å². The third-order valence-corrected chi connectivity index (χ3v) is 8.26. The second-order valence-corrected chi connectivity index (χ2v) is 11.5. The van der Waals surface area contributed by atoms with Crippen LogP contribution in [0.3, 0.4) is 0 Å². The Balaban J connectivity index is 1.63. The predicted molar refractivity (Wildman–Crippen MR) is 166 cm³/mol. The molecule has 1 aliphatic rings. The Morgan fingerprint density at radius 3 is 2.51 bits per heavy atom. The number of allylic oxidation sites excluding steroid dienone is 1. The number of aromatic nitrogens is 1. The van der Waals surface area contributed by atoms with Crippen LogP contribution in [0.1, 0.15) is 79.7 Å². The average molecular weight is 599 g/mol. The molecule has 2 aromatic heterocycles. The number of carbonyl (C=O) groups excluding carboxylic acids is 2. The lowest BCUT2D eigenvalue weighted by molar-refractivity contribution is -0.139. The number of nitrogens with zero attached hydrogens (tertiary/aromatic N) is 2. The second-order valence-electron chi connectivity index (χ2n) is 10.5. The molecule has 1 atom stereocenters. The first-order chi connectivity index (χ1) is 20.7. The lowest BCUT2D eigenvalue weighted by atomic mass is 9.92. The smallest absolute Gasteiger partial charge is 0.338 e. The van der Waals surface area contributed by atoms with E-state index in [1.807, 2.05) is 37.3 Å². The van der Waals surface area contributed by atoms with Crippen molar-refractivity contribution in [1.82, 2.24) is 4.57 Å². The summed E-state index contributed by atoms with van der Waals surface area (Å²) in [5.41, 5.74) is 3.85. The molecule has 0 saturated carbocycles. The fourth-order valence-corrected chi connectivity index (χ4v) is 6.13. The number of rotatable bonds is 9. The molecule has 0 fully saturated rings. The van der Waals surface area contributed by atoms with Gasteiger partial charge in [0.05, 0.1) is 41.1 Å². The van der Waals surface area contributed by atoms with E-state index in [1.54, 1.807) is 47.9 Å². The van der Waals surface area contributed by atoms with Gasteiger partial charge in [-0.3, -0.25) is 9.36 Å². The molecule has 4 aromatic rings. The van der Waals surface area contributed by atoms with Gasteiger partial charge < -0.3 is 13.9 Å². The number of hydrogen-bond donors (Lipinski definition) is 0. The maximum absolute atomic E-state index is 14.0. The highest BCUT2D eigenvalue weighted by atomic mass is 32.1. The largest absolute Gasteiger partial charge is 0.465 e. The molecule has 9 heteroatoms. The topological polar surface area (TPSA) is 100 Å². The third kappa shape index (κ3) is 6.03. The van der Waals surface area contributed by atoms with Gasteiger partial charge in [0, 0.05) is 11.6 Å². The highest BCUT2D eigenvalue weighted by Gasteiger charge is 2.34. The summed E-state index contributed by atoms with van der Waals surface area (Å²) >= 11 is 1.26. The molecule has 0 aliphatic carbocycles. The van der Waals surface area contributed by atoms with Gasteiger partial charge in [-0.05, 0) is 54.7 Å². The van der Waals surface area contributed by atoms with Crippen molar-refractivity contribution >= 4 is 29.4 Å². The van der Waals surface area contributed by atoms with Gasteiger partial charge in [0.1, 0.15) is 11.5 Å². The fourth-order valence-electron chi connectivity index (χ4n) is 5.13. The molecule has 0 saturated heterocycles. The first-order valence-corrected chi connectivity index (χ1v) is 15.2. The number of hydrogen-bond acceptors (Lipinski definition) is 8. The van der Waals surface area contributed by atoms with Crippen LogP contribution in [0.4, 0.5) is 0 Å². The molecule has 0 N–H and O–H groups in total. The third-order valence-electron chi connectivity index (χ3n) is 7.28. The molecule has 0 radical (unpaired) electrons. The summed E-state index contributed by atoms with van der Waals surface area (Å²) < 4.78 is 18.4. The second kappa shape index (κ2) is 12.8. The molecule has 0 bridgehead atoms. The van der Waals surface area contributed by atoms with E-state index in [0.717, 1.165) is 17.5 Å². The quantitative estimate of drug-likeness (QED) is 0.228. The molecule has 3 heterocycles.